The molecule has 0 aliphatic heterocycles. The lowest BCUT2D eigenvalue weighted by molar-refractivity contribution is -0.131. The van der Waals surface area contributed by atoms with Gasteiger partial charge in [0, 0.05) is 21.6 Å². The zero-order valence-corrected chi connectivity index (χ0v) is 19.9. The zero-order chi connectivity index (χ0) is 23.3. The van der Waals surface area contributed by atoms with Crippen molar-refractivity contribution < 1.29 is 23.8 Å². The molecule has 1 heterocycles. The Bertz CT molecular complexity index is 1210. The molecule has 0 saturated carbocycles. The fraction of sp³-hybridized carbons (Fsp3) is 0.227. The lowest BCUT2D eigenvalue weighted by Gasteiger charge is -2.16. The molecule has 0 bridgehead atoms. The van der Waals surface area contributed by atoms with Gasteiger partial charge in [-0.3, -0.25) is 9.59 Å². The summed E-state index contributed by atoms with van der Waals surface area (Å²) in [6, 6.07) is 11.2. The predicted molar refractivity (Wildman–Crippen MR) is 128 cm³/mol. The number of rotatable bonds is 8. The second-order valence-electron chi connectivity index (χ2n) is 6.93. The van der Waals surface area contributed by atoms with Crippen molar-refractivity contribution in [3.63, 3.8) is 0 Å². The number of carbonyl (C=O) groups is 2. The van der Waals surface area contributed by atoms with Gasteiger partial charge < -0.3 is 24.9 Å². The number of ether oxygens (including phenoxy) is 1. The normalized spacial score (nSPS) is 11.8. The van der Waals surface area contributed by atoms with E-state index in [0.717, 1.165) is 9.13 Å². The standard InChI is InChI=1S/C22H20ClIN2O6/c1-12-16-6-5-15(8-18(16)32-22(30)20(12)23)31-11-19(28)26-17(10-27)21(29)25-9-13-3-2-4-14(24)7-13/h2-8,17,27H,9-11H2,1H3,(H,25,29)(H,26,28). The summed E-state index contributed by atoms with van der Waals surface area (Å²) in [5.41, 5.74) is 1.10. The van der Waals surface area contributed by atoms with Crippen molar-refractivity contribution in [2.75, 3.05) is 13.2 Å². The third-order valence-electron chi connectivity index (χ3n) is 4.63. The molecule has 1 aromatic heterocycles. The third-order valence-corrected chi connectivity index (χ3v) is 5.74. The molecule has 32 heavy (non-hydrogen) atoms. The summed E-state index contributed by atoms with van der Waals surface area (Å²) in [5.74, 6) is -0.817. The smallest absolute Gasteiger partial charge is 0.355 e. The van der Waals surface area contributed by atoms with E-state index in [1.807, 2.05) is 24.3 Å². The average Bonchev–Trinajstić information content (AvgIpc) is 2.78. The average molecular weight is 571 g/mol. The maximum Gasteiger partial charge on any atom is 0.355 e. The maximum absolute atomic E-state index is 12.3. The minimum absolute atomic E-state index is 0.0147. The summed E-state index contributed by atoms with van der Waals surface area (Å²) < 4.78 is 11.6. The van der Waals surface area contributed by atoms with Crippen LogP contribution in [0.5, 0.6) is 5.75 Å². The van der Waals surface area contributed by atoms with Gasteiger partial charge in [-0.05, 0) is 64.9 Å². The quantitative estimate of drug-likeness (QED) is 0.283. The lowest BCUT2D eigenvalue weighted by Crippen LogP contribution is -2.49. The van der Waals surface area contributed by atoms with Crippen molar-refractivity contribution in [2.24, 2.45) is 0 Å². The highest BCUT2D eigenvalue weighted by molar-refractivity contribution is 14.1. The molecular weight excluding hydrogens is 551 g/mol. The van der Waals surface area contributed by atoms with Crippen LogP contribution in [0.15, 0.2) is 51.7 Å². The largest absolute Gasteiger partial charge is 0.484 e. The summed E-state index contributed by atoms with van der Waals surface area (Å²) in [7, 11) is 0. The fourth-order valence-corrected chi connectivity index (χ4v) is 3.69. The van der Waals surface area contributed by atoms with E-state index in [0.29, 0.717) is 16.7 Å². The van der Waals surface area contributed by atoms with Gasteiger partial charge in [0.2, 0.25) is 5.91 Å². The van der Waals surface area contributed by atoms with Crippen molar-refractivity contribution in [1.82, 2.24) is 10.6 Å². The Balaban J connectivity index is 1.56. The van der Waals surface area contributed by atoms with Gasteiger partial charge in [-0.25, -0.2) is 4.79 Å². The lowest BCUT2D eigenvalue weighted by atomic mass is 10.1. The van der Waals surface area contributed by atoms with E-state index in [2.05, 4.69) is 33.2 Å². The number of hydrogen-bond donors (Lipinski definition) is 3. The summed E-state index contributed by atoms with van der Waals surface area (Å²) >= 11 is 8.08. The van der Waals surface area contributed by atoms with Crippen LogP contribution in [0.3, 0.4) is 0 Å². The van der Waals surface area contributed by atoms with Crippen LogP contribution < -0.4 is 21.0 Å². The van der Waals surface area contributed by atoms with Crippen LogP contribution >= 0.6 is 34.2 Å². The molecule has 1 unspecified atom stereocenters. The van der Waals surface area contributed by atoms with Crippen LogP contribution in [0.1, 0.15) is 11.1 Å². The van der Waals surface area contributed by atoms with Crippen LogP contribution in [0.4, 0.5) is 0 Å². The molecule has 3 rings (SSSR count). The van der Waals surface area contributed by atoms with E-state index in [-0.39, 0.29) is 17.2 Å². The number of aliphatic hydroxyl groups is 1. The molecule has 3 N–H and O–H groups in total. The first-order valence-corrected chi connectivity index (χ1v) is 11.0. The van der Waals surface area contributed by atoms with Gasteiger partial charge in [0.15, 0.2) is 6.61 Å². The number of fused-ring (bicyclic) bond motifs is 1. The Labute approximate surface area is 202 Å². The Morgan fingerprint density at radius 2 is 2.03 bits per heavy atom. The number of halogens is 2. The van der Waals surface area contributed by atoms with Gasteiger partial charge in [-0.1, -0.05) is 23.7 Å². The molecule has 8 nitrogen and oxygen atoms in total. The van der Waals surface area contributed by atoms with Gasteiger partial charge in [-0.15, -0.1) is 0 Å². The van der Waals surface area contributed by atoms with Gasteiger partial charge in [0.1, 0.15) is 22.4 Å². The van der Waals surface area contributed by atoms with Crippen LogP contribution in [-0.4, -0.2) is 36.2 Å². The molecule has 0 fully saturated rings. The van der Waals surface area contributed by atoms with Crippen molar-refractivity contribution in [1.29, 1.82) is 0 Å². The molecular formula is C22H20ClIN2O6. The molecule has 2 aromatic carbocycles. The van der Waals surface area contributed by atoms with Crippen LogP contribution in [0.25, 0.3) is 11.0 Å². The maximum atomic E-state index is 12.3. The molecule has 0 aliphatic carbocycles. The molecule has 0 radical (unpaired) electrons. The molecule has 10 heteroatoms. The van der Waals surface area contributed by atoms with E-state index >= 15 is 0 Å². The summed E-state index contributed by atoms with van der Waals surface area (Å²) in [6.07, 6.45) is 0. The Morgan fingerprint density at radius 1 is 1.25 bits per heavy atom. The van der Waals surface area contributed by atoms with E-state index in [4.69, 9.17) is 20.8 Å². The highest BCUT2D eigenvalue weighted by Gasteiger charge is 2.20. The highest BCUT2D eigenvalue weighted by atomic mass is 127. The van der Waals surface area contributed by atoms with Crippen LogP contribution in [0, 0.1) is 10.5 Å². The Kier molecular flexibility index (Phi) is 8.10. The summed E-state index contributed by atoms with van der Waals surface area (Å²) in [5, 5.41) is 15.3. The monoisotopic (exact) mass is 570 g/mol. The number of aryl methyl sites for hydroxylation is 1. The predicted octanol–water partition coefficient (Wildman–Crippen LogP) is 2.53. The number of carbonyl (C=O) groups excluding carboxylic acids is 2. The molecule has 168 valence electrons. The molecule has 0 aliphatic rings. The SMILES string of the molecule is Cc1c(Cl)c(=O)oc2cc(OCC(=O)NC(CO)C(=O)NCc3cccc(I)c3)ccc12. The topological polar surface area (TPSA) is 118 Å². The van der Waals surface area contributed by atoms with Gasteiger partial charge in [-0.2, -0.15) is 0 Å². The Morgan fingerprint density at radius 3 is 2.75 bits per heavy atom. The van der Waals surface area contributed by atoms with Gasteiger partial charge in [0.25, 0.3) is 5.91 Å². The fourth-order valence-electron chi connectivity index (χ4n) is 2.94. The van der Waals surface area contributed by atoms with E-state index in [1.165, 1.54) is 6.07 Å². The molecule has 0 spiro atoms. The van der Waals surface area contributed by atoms with Crippen LogP contribution in [0.2, 0.25) is 5.02 Å². The van der Waals surface area contributed by atoms with Gasteiger partial charge in [0.05, 0.1) is 6.61 Å². The highest BCUT2D eigenvalue weighted by Crippen LogP contribution is 2.25. The first kappa shape index (κ1) is 24.0. The van der Waals surface area contributed by atoms with E-state index in [9.17, 15) is 19.5 Å². The second kappa shape index (κ2) is 10.8. The molecule has 2 amide bonds. The summed E-state index contributed by atoms with van der Waals surface area (Å²) in [4.78, 5) is 36.2. The van der Waals surface area contributed by atoms with Gasteiger partial charge >= 0.3 is 5.63 Å². The minimum Gasteiger partial charge on any atom is -0.484 e. The van der Waals surface area contributed by atoms with E-state index < -0.39 is 36.7 Å². The Hall–Kier alpha value is -2.63. The second-order valence-corrected chi connectivity index (χ2v) is 8.55. The number of aliphatic hydroxyl groups excluding tert-OH is 1. The number of hydrogen-bond acceptors (Lipinski definition) is 6. The number of amides is 2. The van der Waals surface area contributed by atoms with Crippen molar-refractivity contribution in [3.05, 3.63) is 72.6 Å². The molecule has 3 aromatic rings. The molecule has 0 saturated heterocycles. The van der Waals surface area contributed by atoms with E-state index in [1.54, 1.807) is 19.1 Å². The number of nitrogens with one attached hydrogen (secondary N) is 2. The number of benzene rings is 2. The summed E-state index contributed by atoms with van der Waals surface area (Å²) in [6.45, 7) is 1.01. The van der Waals surface area contributed by atoms with Crippen molar-refractivity contribution in [2.45, 2.75) is 19.5 Å². The van der Waals surface area contributed by atoms with Crippen molar-refractivity contribution >= 4 is 57.0 Å². The first-order chi connectivity index (χ1) is 15.3. The van der Waals surface area contributed by atoms with Crippen LogP contribution in [-0.2, 0) is 16.1 Å². The first-order valence-electron chi connectivity index (χ1n) is 9.56. The molecule has 1 atom stereocenters. The zero-order valence-electron chi connectivity index (χ0n) is 17.0. The van der Waals surface area contributed by atoms with Crippen molar-refractivity contribution in [3.8, 4) is 5.75 Å². The minimum atomic E-state index is -1.12. The third kappa shape index (κ3) is 5.99.